The number of aliphatic hydroxyl groups is 1. The molecule has 6 nitrogen and oxygen atoms in total. The van der Waals surface area contributed by atoms with Crippen LogP contribution < -0.4 is 4.90 Å². The van der Waals surface area contributed by atoms with E-state index in [1.165, 1.54) is 5.56 Å². The van der Waals surface area contributed by atoms with E-state index in [0.717, 1.165) is 57.0 Å². The minimum atomic E-state index is 0.0496. The van der Waals surface area contributed by atoms with Gasteiger partial charge in [0, 0.05) is 44.4 Å². The molecule has 2 saturated heterocycles. The topological polar surface area (TPSA) is 69.6 Å². The first-order valence-corrected chi connectivity index (χ1v) is 9.03. The summed E-state index contributed by atoms with van der Waals surface area (Å²) in [4.78, 5) is 25.2. The molecule has 1 aromatic heterocycles. The van der Waals surface area contributed by atoms with E-state index in [1.807, 2.05) is 18.0 Å². The van der Waals surface area contributed by atoms with Crippen molar-refractivity contribution < 1.29 is 9.90 Å². The van der Waals surface area contributed by atoms with Gasteiger partial charge in [0.15, 0.2) is 0 Å². The van der Waals surface area contributed by atoms with Gasteiger partial charge < -0.3 is 14.9 Å². The predicted octanol–water partition coefficient (Wildman–Crippen LogP) is 1.55. The van der Waals surface area contributed by atoms with Gasteiger partial charge in [0.05, 0.1) is 6.61 Å². The van der Waals surface area contributed by atoms with Crippen LogP contribution in [0.2, 0.25) is 0 Å². The molecule has 3 heterocycles. The second-order valence-electron chi connectivity index (χ2n) is 7.15. The average Bonchev–Trinajstić information content (AvgIpc) is 2.59. The van der Waals surface area contributed by atoms with Gasteiger partial charge in [0.2, 0.25) is 5.91 Å². The standard InChI is InChI=1S/C18H28N4O2/c1-3-15-12-19-14(2)20-17(15)21-8-6-18(7-9-21)5-4-16(24)22(13-18)10-11-23/h12,23H,3-11,13H2,1-2H3. The Labute approximate surface area is 143 Å². The summed E-state index contributed by atoms with van der Waals surface area (Å²) in [7, 11) is 0. The van der Waals surface area contributed by atoms with Crippen molar-refractivity contribution in [3.8, 4) is 0 Å². The summed E-state index contributed by atoms with van der Waals surface area (Å²) in [5, 5.41) is 9.18. The van der Waals surface area contributed by atoms with Crippen molar-refractivity contribution in [1.82, 2.24) is 14.9 Å². The highest BCUT2D eigenvalue weighted by Gasteiger charge is 2.41. The number of nitrogens with zero attached hydrogens (tertiary/aromatic N) is 4. The molecule has 2 fully saturated rings. The highest BCUT2D eigenvalue weighted by molar-refractivity contribution is 5.77. The molecule has 3 rings (SSSR count). The molecule has 0 atom stereocenters. The summed E-state index contributed by atoms with van der Waals surface area (Å²) < 4.78 is 0. The quantitative estimate of drug-likeness (QED) is 0.906. The van der Waals surface area contributed by atoms with E-state index in [9.17, 15) is 9.90 Å². The minimum absolute atomic E-state index is 0.0496. The first-order valence-electron chi connectivity index (χ1n) is 9.03. The van der Waals surface area contributed by atoms with Crippen molar-refractivity contribution in [3.63, 3.8) is 0 Å². The van der Waals surface area contributed by atoms with Gasteiger partial charge in [-0.05, 0) is 38.0 Å². The number of aliphatic hydroxyl groups excluding tert-OH is 1. The van der Waals surface area contributed by atoms with Crippen molar-refractivity contribution in [1.29, 1.82) is 0 Å². The lowest BCUT2D eigenvalue weighted by molar-refractivity contribution is -0.138. The lowest BCUT2D eigenvalue weighted by atomic mass is 9.72. The molecule has 0 saturated carbocycles. The summed E-state index contributed by atoms with van der Waals surface area (Å²) >= 11 is 0. The van der Waals surface area contributed by atoms with Crippen molar-refractivity contribution in [2.75, 3.05) is 37.7 Å². The van der Waals surface area contributed by atoms with Gasteiger partial charge in [-0.25, -0.2) is 9.97 Å². The zero-order chi connectivity index (χ0) is 17.2. The summed E-state index contributed by atoms with van der Waals surface area (Å²) in [6.45, 7) is 7.35. The van der Waals surface area contributed by atoms with Crippen LogP contribution in [0.4, 0.5) is 5.82 Å². The fourth-order valence-corrected chi connectivity index (χ4v) is 4.03. The van der Waals surface area contributed by atoms with Crippen LogP contribution in [0.3, 0.4) is 0 Å². The number of anilines is 1. The molecule has 1 N–H and O–H groups in total. The van der Waals surface area contributed by atoms with E-state index in [-0.39, 0.29) is 17.9 Å². The normalized spacial score (nSPS) is 20.7. The molecule has 1 aromatic rings. The molecule has 2 aliphatic heterocycles. The molecule has 2 aliphatic rings. The molecule has 0 radical (unpaired) electrons. The second-order valence-corrected chi connectivity index (χ2v) is 7.15. The van der Waals surface area contributed by atoms with Gasteiger partial charge in [-0.3, -0.25) is 4.79 Å². The molecule has 132 valence electrons. The molecule has 24 heavy (non-hydrogen) atoms. The summed E-state index contributed by atoms with van der Waals surface area (Å²) in [5.41, 5.74) is 1.42. The smallest absolute Gasteiger partial charge is 0.222 e. The minimum Gasteiger partial charge on any atom is -0.395 e. The maximum absolute atomic E-state index is 12.0. The number of rotatable bonds is 4. The first-order chi connectivity index (χ1) is 11.6. The highest BCUT2D eigenvalue weighted by Crippen LogP contribution is 2.41. The Morgan fingerprint density at radius 1 is 1.29 bits per heavy atom. The predicted molar refractivity (Wildman–Crippen MR) is 92.9 cm³/mol. The van der Waals surface area contributed by atoms with Crippen LogP contribution in [-0.4, -0.2) is 58.7 Å². The molecule has 0 aromatic carbocycles. The Kier molecular flexibility index (Phi) is 5.04. The number of piperidine rings is 2. The molecule has 0 bridgehead atoms. The van der Waals surface area contributed by atoms with Gasteiger partial charge in [0.1, 0.15) is 11.6 Å². The fraction of sp³-hybridized carbons (Fsp3) is 0.722. The molecule has 0 unspecified atom stereocenters. The van der Waals surface area contributed by atoms with E-state index < -0.39 is 0 Å². The van der Waals surface area contributed by atoms with Crippen molar-refractivity contribution >= 4 is 11.7 Å². The van der Waals surface area contributed by atoms with Crippen molar-refractivity contribution in [2.24, 2.45) is 5.41 Å². The Bertz CT molecular complexity index is 597. The van der Waals surface area contributed by atoms with Crippen LogP contribution in [0.1, 0.15) is 44.0 Å². The Hall–Kier alpha value is -1.69. The van der Waals surface area contributed by atoms with Crippen LogP contribution >= 0.6 is 0 Å². The lowest BCUT2D eigenvalue weighted by Crippen LogP contribution is -2.52. The zero-order valence-electron chi connectivity index (χ0n) is 14.8. The van der Waals surface area contributed by atoms with Crippen LogP contribution in [0, 0.1) is 12.3 Å². The van der Waals surface area contributed by atoms with Gasteiger partial charge in [-0.2, -0.15) is 0 Å². The Morgan fingerprint density at radius 3 is 2.71 bits per heavy atom. The van der Waals surface area contributed by atoms with Crippen LogP contribution in [-0.2, 0) is 11.2 Å². The number of amides is 1. The SMILES string of the molecule is CCc1cnc(C)nc1N1CCC2(CCC(=O)N(CCO)C2)CC1. The Morgan fingerprint density at radius 2 is 2.04 bits per heavy atom. The third kappa shape index (κ3) is 3.38. The number of carbonyl (C=O) groups is 1. The number of aryl methyl sites for hydroxylation is 2. The summed E-state index contributed by atoms with van der Waals surface area (Å²) in [6, 6.07) is 0. The van der Waals surface area contributed by atoms with E-state index >= 15 is 0 Å². The highest BCUT2D eigenvalue weighted by atomic mass is 16.3. The number of hydrogen-bond acceptors (Lipinski definition) is 5. The number of likely N-dealkylation sites (tertiary alicyclic amines) is 1. The molecular formula is C18H28N4O2. The van der Waals surface area contributed by atoms with Crippen molar-refractivity contribution in [3.05, 3.63) is 17.6 Å². The van der Waals surface area contributed by atoms with Gasteiger partial charge in [-0.15, -0.1) is 0 Å². The van der Waals surface area contributed by atoms with Crippen LogP contribution in [0.25, 0.3) is 0 Å². The number of β-amino-alcohol motifs (C(OH)–C–C–N with tert-alkyl or cyclic N) is 1. The summed E-state index contributed by atoms with van der Waals surface area (Å²) in [5.74, 6) is 2.09. The molecule has 6 heteroatoms. The van der Waals surface area contributed by atoms with Gasteiger partial charge in [0.25, 0.3) is 0 Å². The fourth-order valence-electron chi connectivity index (χ4n) is 4.03. The average molecular weight is 332 g/mol. The van der Waals surface area contributed by atoms with E-state index in [0.29, 0.717) is 13.0 Å². The van der Waals surface area contributed by atoms with Crippen LogP contribution in [0.5, 0.6) is 0 Å². The van der Waals surface area contributed by atoms with E-state index in [1.54, 1.807) is 0 Å². The monoisotopic (exact) mass is 332 g/mol. The lowest BCUT2D eigenvalue weighted by Gasteiger charge is -2.47. The molecular weight excluding hydrogens is 304 g/mol. The maximum atomic E-state index is 12.0. The zero-order valence-corrected chi connectivity index (χ0v) is 14.8. The largest absolute Gasteiger partial charge is 0.395 e. The number of aromatic nitrogens is 2. The second kappa shape index (κ2) is 7.05. The van der Waals surface area contributed by atoms with Gasteiger partial charge in [-0.1, -0.05) is 6.92 Å². The van der Waals surface area contributed by atoms with Crippen LogP contribution in [0.15, 0.2) is 6.20 Å². The Balaban J connectivity index is 1.69. The van der Waals surface area contributed by atoms with E-state index in [2.05, 4.69) is 21.8 Å². The number of carbonyl (C=O) groups excluding carboxylic acids is 1. The molecule has 1 amide bonds. The molecule has 0 aliphatic carbocycles. The third-order valence-corrected chi connectivity index (χ3v) is 5.58. The van der Waals surface area contributed by atoms with Crippen molar-refractivity contribution in [2.45, 2.75) is 46.0 Å². The first kappa shape index (κ1) is 17.1. The van der Waals surface area contributed by atoms with E-state index in [4.69, 9.17) is 0 Å². The van der Waals surface area contributed by atoms with Gasteiger partial charge >= 0.3 is 0 Å². The maximum Gasteiger partial charge on any atom is 0.222 e. The third-order valence-electron chi connectivity index (χ3n) is 5.58. The summed E-state index contributed by atoms with van der Waals surface area (Å²) in [6.07, 6.45) is 6.64. The number of hydrogen-bond donors (Lipinski definition) is 1. The molecule has 1 spiro atoms.